The maximum absolute atomic E-state index is 12.5. The molecule has 2 aromatic rings. The largest absolute Gasteiger partial charge is 0.416 e. The Morgan fingerprint density at radius 1 is 1.38 bits per heavy atom. The summed E-state index contributed by atoms with van der Waals surface area (Å²) in [7, 11) is 0. The molecule has 86 valence electrons. The molecule has 0 bridgehead atoms. The monoisotopic (exact) mass is 229 g/mol. The number of rotatable bonds is 1. The highest BCUT2D eigenvalue weighted by atomic mass is 19.4. The number of nitrogen functional groups attached to an aromatic ring is 1. The normalized spacial score (nSPS) is 12.2. The highest BCUT2D eigenvalue weighted by molar-refractivity contribution is 5.89. The van der Waals surface area contributed by atoms with Crippen molar-refractivity contribution in [3.05, 3.63) is 23.8 Å². The van der Waals surface area contributed by atoms with Gasteiger partial charge in [0.15, 0.2) is 5.82 Å². The molecule has 0 saturated heterocycles. The Morgan fingerprint density at radius 2 is 2.06 bits per heavy atom. The number of nitrogens with two attached hydrogens (primary N) is 1. The van der Waals surface area contributed by atoms with Crippen molar-refractivity contribution in [1.29, 1.82) is 0 Å². The van der Waals surface area contributed by atoms with Crippen molar-refractivity contribution >= 4 is 16.7 Å². The van der Waals surface area contributed by atoms with E-state index in [9.17, 15) is 13.2 Å². The predicted octanol–water partition coefficient (Wildman–Crippen LogP) is 2.66. The van der Waals surface area contributed by atoms with Crippen LogP contribution in [0.5, 0.6) is 0 Å². The molecule has 0 unspecified atom stereocenters. The van der Waals surface area contributed by atoms with Crippen molar-refractivity contribution in [3.8, 4) is 0 Å². The predicted molar refractivity (Wildman–Crippen MR) is 54.8 cm³/mol. The fourth-order valence-electron chi connectivity index (χ4n) is 1.62. The second kappa shape index (κ2) is 3.40. The topological polar surface area (TPSA) is 43.8 Å². The third-order valence-corrected chi connectivity index (χ3v) is 2.41. The highest BCUT2D eigenvalue weighted by Gasteiger charge is 2.31. The first-order chi connectivity index (χ1) is 7.43. The van der Waals surface area contributed by atoms with Crippen LogP contribution >= 0.6 is 0 Å². The molecule has 0 aliphatic rings. The van der Waals surface area contributed by atoms with E-state index in [2.05, 4.69) is 5.10 Å². The Kier molecular flexibility index (Phi) is 2.29. The Bertz CT molecular complexity index is 528. The van der Waals surface area contributed by atoms with E-state index in [0.717, 1.165) is 12.1 Å². The summed E-state index contributed by atoms with van der Waals surface area (Å²) in [6, 6.07) is 3.46. The van der Waals surface area contributed by atoms with Crippen LogP contribution in [-0.4, -0.2) is 9.78 Å². The minimum Gasteiger partial charge on any atom is -0.382 e. The zero-order chi connectivity index (χ0) is 11.9. The van der Waals surface area contributed by atoms with E-state index in [0.29, 0.717) is 17.4 Å². The van der Waals surface area contributed by atoms with Crippen molar-refractivity contribution in [2.45, 2.75) is 19.6 Å². The lowest BCUT2D eigenvalue weighted by Gasteiger charge is -2.06. The quantitative estimate of drug-likeness (QED) is 0.816. The van der Waals surface area contributed by atoms with Gasteiger partial charge >= 0.3 is 6.18 Å². The molecule has 2 N–H and O–H groups in total. The van der Waals surface area contributed by atoms with Crippen LogP contribution in [0.1, 0.15) is 12.5 Å². The lowest BCUT2D eigenvalue weighted by molar-refractivity contribution is -0.137. The van der Waals surface area contributed by atoms with Crippen molar-refractivity contribution in [2.24, 2.45) is 0 Å². The molecule has 16 heavy (non-hydrogen) atoms. The lowest BCUT2D eigenvalue weighted by atomic mass is 10.1. The summed E-state index contributed by atoms with van der Waals surface area (Å²) in [6.07, 6.45) is -4.35. The van der Waals surface area contributed by atoms with Gasteiger partial charge in [0.1, 0.15) is 0 Å². The minimum absolute atomic E-state index is 0.128. The van der Waals surface area contributed by atoms with E-state index in [1.807, 2.05) is 6.92 Å². The smallest absolute Gasteiger partial charge is 0.382 e. The van der Waals surface area contributed by atoms with Crippen LogP contribution in [0.25, 0.3) is 10.9 Å². The van der Waals surface area contributed by atoms with Gasteiger partial charge in [0, 0.05) is 11.9 Å². The fourth-order valence-corrected chi connectivity index (χ4v) is 1.62. The van der Waals surface area contributed by atoms with Crippen LogP contribution in [0.15, 0.2) is 18.2 Å². The highest BCUT2D eigenvalue weighted by Crippen LogP contribution is 2.32. The molecule has 0 radical (unpaired) electrons. The number of aryl methyl sites for hydroxylation is 1. The Hall–Kier alpha value is -1.72. The minimum atomic E-state index is -4.35. The molecule has 2 rings (SSSR count). The van der Waals surface area contributed by atoms with Crippen LogP contribution in [-0.2, 0) is 12.7 Å². The van der Waals surface area contributed by atoms with E-state index in [1.54, 1.807) is 4.68 Å². The Morgan fingerprint density at radius 3 is 2.62 bits per heavy atom. The van der Waals surface area contributed by atoms with Gasteiger partial charge < -0.3 is 5.73 Å². The van der Waals surface area contributed by atoms with E-state index < -0.39 is 11.7 Å². The Balaban J connectivity index is 2.67. The maximum atomic E-state index is 12.5. The zero-order valence-electron chi connectivity index (χ0n) is 8.54. The molecule has 0 atom stereocenters. The number of fused-ring (bicyclic) bond motifs is 1. The van der Waals surface area contributed by atoms with Gasteiger partial charge in [-0.2, -0.15) is 18.3 Å². The number of halogens is 3. The molecule has 1 heterocycles. The van der Waals surface area contributed by atoms with Crippen LogP contribution in [0, 0.1) is 0 Å². The standard InChI is InChI=1S/C10H10F3N3/c1-2-16-8-4-3-6(10(11,12)13)5-7(8)9(14)15-16/h3-5H,2H2,1H3,(H2,14,15). The molecule has 0 spiro atoms. The average Bonchev–Trinajstić information content (AvgIpc) is 2.54. The molecule has 1 aromatic carbocycles. The number of anilines is 1. The molecular formula is C10H10F3N3. The van der Waals surface area contributed by atoms with Crippen LogP contribution in [0.3, 0.4) is 0 Å². The fraction of sp³-hybridized carbons (Fsp3) is 0.300. The maximum Gasteiger partial charge on any atom is 0.416 e. The van der Waals surface area contributed by atoms with Gasteiger partial charge in [0.05, 0.1) is 11.1 Å². The summed E-state index contributed by atoms with van der Waals surface area (Å²) >= 11 is 0. The second-order valence-corrected chi connectivity index (χ2v) is 3.43. The number of benzene rings is 1. The van der Waals surface area contributed by atoms with E-state index in [4.69, 9.17) is 5.73 Å². The SMILES string of the molecule is CCn1nc(N)c2cc(C(F)(F)F)ccc21. The van der Waals surface area contributed by atoms with Crippen molar-refractivity contribution in [3.63, 3.8) is 0 Å². The summed E-state index contributed by atoms with van der Waals surface area (Å²) in [4.78, 5) is 0. The van der Waals surface area contributed by atoms with Crippen molar-refractivity contribution in [1.82, 2.24) is 9.78 Å². The molecule has 0 amide bonds. The first kappa shape index (κ1) is 10.8. The van der Waals surface area contributed by atoms with Gasteiger partial charge in [-0.25, -0.2) is 0 Å². The average molecular weight is 229 g/mol. The molecule has 3 nitrogen and oxygen atoms in total. The first-order valence-corrected chi connectivity index (χ1v) is 4.76. The van der Waals surface area contributed by atoms with Gasteiger partial charge in [-0.05, 0) is 25.1 Å². The molecule has 0 fully saturated rings. The summed E-state index contributed by atoms with van der Waals surface area (Å²) in [5, 5.41) is 4.30. The van der Waals surface area contributed by atoms with Crippen LogP contribution < -0.4 is 5.73 Å². The van der Waals surface area contributed by atoms with E-state index in [-0.39, 0.29) is 5.82 Å². The molecular weight excluding hydrogens is 219 g/mol. The van der Waals surface area contributed by atoms with Gasteiger partial charge in [0.2, 0.25) is 0 Å². The number of alkyl halides is 3. The summed E-state index contributed by atoms with van der Waals surface area (Å²) in [6.45, 7) is 2.42. The van der Waals surface area contributed by atoms with Crippen LogP contribution in [0.2, 0.25) is 0 Å². The van der Waals surface area contributed by atoms with Gasteiger partial charge in [-0.15, -0.1) is 0 Å². The van der Waals surface area contributed by atoms with Crippen LogP contribution in [0.4, 0.5) is 19.0 Å². The number of hydrogen-bond donors (Lipinski definition) is 1. The van der Waals surface area contributed by atoms with Crippen molar-refractivity contribution < 1.29 is 13.2 Å². The lowest BCUT2D eigenvalue weighted by Crippen LogP contribution is -2.04. The summed E-state index contributed by atoms with van der Waals surface area (Å²) in [5.74, 6) is 0.128. The third kappa shape index (κ3) is 1.60. The molecule has 0 aliphatic heterocycles. The van der Waals surface area contributed by atoms with Gasteiger partial charge in [-0.1, -0.05) is 0 Å². The van der Waals surface area contributed by atoms with Crippen molar-refractivity contribution in [2.75, 3.05) is 5.73 Å². The van der Waals surface area contributed by atoms with Gasteiger partial charge in [-0.3, -0.25) is 4.68 Å². The number of hydrogen-bond acceptors (Lipinski definition) is 2. The molecule has 6 heteroatoms. The summed E-state index contributed by atoms with van der Waals surface area (Å²) < 4.78 is 39.0. The molecule has 0 saturated carbocycles. The number of aromatic nitrogens is 2. The number of nitrogens with zero attached hydrogens (tertiary/aromatic N) is 2. The zero-order valence-corrected chi connectivity index (χ0v) is 8.54. The Labute approximate surface area is 89.7 Å². The van der Waals surface area contributed by atoms with Gasteiger partial charge in [0.25, 0.3) is 0 Å². The third-order valence-electron chi connectivity index (χ3n) is 2.41. The first-order valence-electron chi connectivity index (χ1n) is 4.76. The van der Waals surface area contributed by atoms with E-state index >= 15 is 0 Å². The summed E-state index contributed by atoms with van der Waals surface area (Å²) in [5.41, 5.74) is 5.48. The second-order valence-electron chi connectivity index (χ2n) is 3.43. The molecule has 0 aliphatic carbocycles. The van der Waals surface area contributed by atoms with E-state index in [1.165, 1.54) is 6.07 Å². The molecule has 1 aromatic heterocycles.